The molecular formula is C15H18N4O. The van der Waals surface area contributed by atoms with Gasteiger partial charge in [-0.05, 0) is 24.3 Å². The Balaban J connectivity index is 2.06. The van der Waals surface area contributed by atoms with Gasteiger partial charge in [0.05, 0.1) is 12.3 Å². The van der Waals surface area contributed by atoms with Crippen molar-refractivity contribution in [2.24, 2.45) is 5.84 Å². The third kappa shape index (κ3) is 2.64. The highest BCUT2D eigenvalue weighted by atomic mass is 16.5. The molecule has 1 aromatic carbocycles. The van der Waals surface area contributed by atoms with Crippen LogP contribution in [0.2, 0.25) is 0 Å². The summed E-state index contributed by atoms with van der Waals surface area (Å²) in [6, 6.07) is 10.1. The predicted molar refractivity (Wildman–Crippen MR) is 78.0 cm³/mol. The Morgan fingerprint density at radius 1 is 1.30 bits per heavy atom. The zero-order chi connectivity index (χ0) is 13.9. The van der Waals surface area contributed by atoms with Crippen LogP contribution < -0.4 is 11.3 Å². The summed E-state index contributed by atoms with van der Waals surface area (Å²) in [5.74, 6) is 7.45. The number of aromatic nitrogens is 2. The number of nitrogens with zero attached hydrogens (tertiary/aromatic N) is 2. The number of nitrogen functional groups attached to an aromatic ring is 1. The van der Waals surface area contributed by atoms with Crippen LogP contribution in [0.25, 0.3) is 11.4 Å². The van der Waals surface area contributed by atoms with E-state index in [0.29, 0.717) is 24.2 Å². The fourth-order valence-corrected chi connectivity index (χ4v) is 2.36. The Morgan fingerprint density at radius 3 is 2.80 bits per heavy atom. The van der Waals surface area contributed by atoms with Gasteiger partial charge in [0.15, 0.2) is 5.82 Å². The van der Waals surface area contributed by atoms with E-state index in [1.807, 2.05) is 6.07 Å². The van der Waals surface area contributed by atoms with Crippen molar-refractivity contribution < 1.29 is 4.74 Å². The Labute approximate surface area is 118 Å². The first kappa shape index (κ1) is 13.0. The van der Waals surface area contributed by atoms with Gasteiger partial charge >= 0.3 is 0 Å². The SMILES string of the molecule is COCc1cc(NN)nc(-c2ccccc2C2CC2)n1. The molecule has 0 spiro atoms. The summed E-state index contributed by atoms with van der Waals surface area (Å²) in [5.41, 5.74) is 5.82. The second-order valence-electron chi connectivity index (χ2n) is 5.01. The number of hydrazine groups is 1. The van der Waals surface area contributed by atoms with E-state index in [0.717, 1.165) is 11.3 Å². The third-order valence-electron chi connectivity index (χ3n) is 3.44. The first-order valence-corrected chi connectivity index (χ1v) is 6.74. The summed E-state index contributed by atoms with van der Waals surface area (Å²) in [6.07, 6.45) is 2.49. The molecule has 0 saturated heterocycles. The quantitative estimate of drug-likeness (QED) is 0.645. The van der Waals surface area contributed by atoms with Gasteiger partial charge in [-0.1, -0.05) is 24.3 Å². The molecule has 3 N–H and O–H groups in total. The lowest BCUT2D eigenvalue weighted by Crippen LogP contribution is -2.11. The van der Waals surface area contributed by atoms with E-state index in [2.05, 4.69) is 33.6 Å². The van der Waals surface area contributed by atoms with Crippen molar-refractivity contribution in [3.8, 4) is 11.4 Å². The lowest BCUT2D eigenvalue weighted by atomic mass is 10.0. The van der Waals surface area contributed by atoms with E-state index in [9.17, 15) is 0 Å². The molecule has 0 atom stereocenters. The molecule has 2 aromatic rings. The Morgan fingerprint density at radius 2 is 2.10 bits per heavy atom. The molecule has 0 aliphatic heterocycles. The predicted octanol–water partition coefficient (Wildman–Crippen LogP) is 2.45. The average Bonchev–Trinajstić information content (AvgIpc) is 3.32. The zero-order valence-corrected chi connectivity index (χ0v) is 11.5. The summed E-state index contributed by atoms with van der Waals surface area (Å²) < 4.78 is 5.15. The molecule has 5 nitrogen and oxygen atoms in total. The van der Waals surface area contributed by atoms with Gasteiger partial charge in [0.2, 0.25) is 0 Å². The molecular weight excluding hydrogens is 252 g/mol. The molecule has 1 fully saturated rings. The largest absolute Gasteiger partial charge is 0.378 e. The summed E-state index contributed by atoms with van der Waals surface area (Å²) in [4.78, 5) is 9.05. The highest BCUT2D eigenvalue weighted by Gasteiger charge is 2.26. The molecule has 0 radical (unpaired) electrons. The van der Waals surface area contributed by atoms with Crippen LogP contribution in [-0.2, 0) is 11.3 Å². The number of methoxy groups -OCH3 is 1. The topological polar surface area (TPSA) is 73.1 Å². The van der Waals surface area contributed by atoms with Crippen LogP contribution >= 0.6 is 0 Å². The van der Waals surface area contributed by atoms with Crippen molar-refractivity contribution in [2.75, 3.05) is 12.5 Å². The van der Waals surface area contributed by atoms with Gasteiger partial charge in [0.1, 0.15) is 5.82 Å². The van der Waals surface area contributed by atoms with Crippen LogP contribution in [-0.4, -0.2) is 17.1 Å². The summed E-state index contributed by atoms with van der Waals surface area (Å²) >= 11 is 0. The molecule has 0 bridgehead atoms. The van der Waals surface area contributed by atoms with E-state index in [4.69, 9.17) is 10.6 Å². The van der Waals surface area contributed by atoms with Gasteiger partial charge in [0, 0.05) is 18.7 Å². The average molecular weight is 270 g/mol. The first-order chi connectivity index (χ1) is 9.81. The summed E-state index contributed by atoms with van der Waals surface area (Å²) in [7, 11) is 1.65. The second kappa shape index (κ2) is 5.56. The molecule has 5 heteroatoms. The second-order valence-corrected chi connectivity index (χ2v) is 5.01. The van der Waals surface area contributed by atoms with Crippen molar-refractivity contribution in [1.82, 2.24) is 9.97 Å². The first-order valence-electron chi connectivity index (χ1n) is 6.74. The van der Waals surface area contributed by atoms with Gasteiger partial charge in [-0.25, -0.2) is 15.8 Å². The molecule has 20 heavy (non-hydrogen) atoms. The number of ether oxygens (including phenoxy) is 1. The smallest absolute Gasteiger partial charge is 0.162 e. The number of nitrogens with one attached hydrogen (secondary N) is 1. The zero-order valence-electron chi connectivity index (χ0n) is 11.5. The molecule has 1 heterocycles. The standard InChI is InChI=1S/C15H18N4O/c1-20-9-11-8-14(19-16)18-15(17-11)13-5-3-2-4-12(13)10-6-7-10/h2-5,8,10H,6-7,9,16H2,1H3,(H,17,18,19). The molecule has 104 valence electrons. The molecule has 0 unspecified atom stereocenters. The van der Waals surface area contributed by atoms with Crippen LogP contribution in [0, 0.1) is 0 Å². The minimum atomic E-state index is 0.440. The maximum Gasteiger partial charge on any atom is 0.162 e. The molecule has 1 aromatic heterocycles. The molecule has 0 amide bonds. The van der Waals surface area contributed by atoms with Crippen molar-refractivity contribution in [3.05, 3.63) is 41.6 Å². The number of anilines is 1. The fraction of sp³-hybridized carbons (Fsp3) is 0.333. The van der Waals surface area contributed by atoms with Crippen LogP contribution in [0.4, 0.5) is 5.82 Å². The van der Waals surface area contributed by atoms with Crippen molar-refractivity contribution in [3.63, 3.8) is 0 Å². The van der Waals surface area contributed by atoms with Crippen LogP contribution in [0.1, 0.15) is 30.0 Å². The molecule has 1 saturated carbocycles. The fourth-order valence-electron chi connectivity index (χ4n) is 2.36. The lowest BCUT2D eigenvalue weighted by molar-refractivity contribution is 0.181. The molecule has 3 rings (SSSR count). The summed E-state index contributed by atoms with van der Waals surface area (Å²) in [6.45, 7) is 0.440. The monoisotopic (exact) mass is 270 g/mol. The highest BCUT2D eigenvalue weighted by Crippen LogP contribution is 2.43. The molecule has 1 aliphatic carbocycles. The number of rotatable bonds is 5. The van der Waals surface area contributed by atoms with Crippen LogP contribution in [0.3, 0.4) is 0 Å². The third-order valence-corrected chi connectivity index (χ3v) is 3.44. The van der Waals surface area contributed by atoms with Gasteiger partial charge in [-0.15, -0.1) is 0 Å². The van der Waals surface area contributed by atoms with Gasteiger partial charge in [-0.2, -0.15) is 0 Å². The Kier molecular flexibility index (Phi) is 3.62. The Hall–Kier alpha value is -1.98. The van der Waals surface area contributed by atoms with E-state index in [1.165, 1.54) is 18.4 Å². The molecule has 1 aliphatic rings. The van der Waals surface area contributed by atoms with Gasteiger partial charge < -0.3 is 10.2 Å². The van der Waals surface area contributed by atoms with E-state index in [-0.39, 0.29) is 0 Å². The van der Waals surface area contributed by atoms with E-state index >= 15 is 0 Å². The number of benzene rings is 1. The van der Waals surface area contributed by atoms with Crippen molar-refractivity contribution in [1.29, 1.82) is 0 Å². The maximum absolute atomic E-state index is 5.49. The maximum atomic E-state index is 5.49. The summed E-state index contributed by atoms with van der Waals surface area (Å²) in [5, 5.41) is 0. The van der Waals surface area contributed by atoms with Gasteiger partial charge in [-0.3, -0.25) is 0 Å². The van der Waals surface area contributed by atoms with Crippen LogP contribution in [0.5, 0.6) is 0 Å². The van der Waals surface area contributed by atoms with E-state index in [1.54, 1.807) is 13.2 Å². The number of hydrogen-bond acceptors (Lipinski definition) is 5. The minimum absolute atomic E-state index is 0.440. The minimum Gasteiger partial charge on any atom is -0.378 e. The number of hydrogen-bond donors (Lipinski definition) is 2. The van der Waals surface area contributed by atoms with E-state index < -0.39 is 0 Å². The van der Waals surface area contributed by atoms with Gasteiger partial charge in [0.25, 0.3) is 0 Å². The number of nitrogens with two attached hydrogens (primary N) is 1. The Bertz CT molecular complexity index is 611. The van der Waals surface area contributed by atoms with Crippen molar-refractivity contribution >= 4 is 5.82 Å². The normalized spacial score (nSPS) is 14.3. The lowest BCUT2D eigenvalue weighted by Gasteiger charge is -2.10. The van der Waals surface area contributed by atoms with Crippen LogP contribution in [0.15, 0.2) is 30.3 Å². The highest BCUT2D eigenvalue weighted by molar-refractivity contribution is 5.63. The van der Waals surface area contributed by atoms with Crippen molar-refractivity contribution in [2.45, 2.75) is 25.4 Å².